The molecule has 0 radical (unpaired) electrons. The Bertz CT molecular complexity index is 348. The van der Waals surface area contributed by atoms with E-state index < -0.39 is 0 Å². The van der Waals surface area contributed by atoms with E-state index in [-0.39, 0.29) is 36.3 Å². The normalized spacial score (nSPS) is 36.0. The van der Waals surface area contributed by atoms with Crippen LogP contribution in [-0.4, -0.2) is 48.1 Å². The minimum atomic E-state index is -0.328. The molecule has 0 saturated carbocycles. The summed E-state index contributed by atoms with van der Waals surface area (Å²) in [4.78, 5) is 15.1. The van der Waals surface area contributed by atoms with E-state index in [0.717, 1.165) is 38.3 Å². The number of nitrogens with zero attached hydrogens (tertiary/aromatic N) is 1. The van der Waals surface area contributed by atoms with Gasteiger partial charge in [0.2, 0.25) is 5.91 Å². The third-order valence-corrected chi connectivity index (χ3v) is 5.28. The van der Waals surface area contributed by atoms with E-state index >= 15 is 0 Å². The van der Waals surface area contributed by atoms with Gasteiger partial charge >= 0.3 is 0 Å². The summed E-state index contributed by atoms with van der Waals surface area (Å²) in [7, 11) is 0. The Labute approximate surface area is 140 Å². The van der Waals surface area contributed by atoms with Crippen LogP contribution in [-0.2, 0) is 4.79 Å². The first-order valence-electron chi connectivity index (χ1n) is 7.97. The zero-order chi connectivity index (χ0) is 13.3. The highest BCUT2D eigenvalue weighted by atomic mass is 35.5. The van der Waals surface area contributed by atoms with Gasteiger partial charge in [0.15, 0.2) is 0 Å². The van der Waals surface area contributed by atoms with Gasteiger partial charge < -0.3 is 15.5 Å². The van der Waals surface area contributed by atoms with Crippen LogP contribution in [0.25, 0.3) is 0 Å². The average Bonchev–Trinajstić information content (AvgIpc) is 2.87. The summed E-state index contributed by atoms with van der Waals surface area (Å²) in [5, 5.41) is 6.72. The fourth-order valence-corrected chi connectivity index (χ4v) is 3.95. The van der Waals surface area contributed by atoms with Crippen LogP contribution in [0.15, 0.2) is 0 Å². The molecule has 0 bridgehead atoms. The Hall–Kier alpha value is -0.0300. The molecule has 6 heteroatoms. The summed E-state index contributed by atoms with van der Waals surface area (Å²) in [6.45, 7) is 5.47. The number of amides is 1. The van der Waals surface area contributed by atoms with E-state index in [0.29, 0.717) is 6.04 Å². The van der Waals surface area contributed by atoms with Crippen LogP contribution in [0.3, 0.4) is 0 Å². The fraction of sp³-hybridized carbons (Fsp3) is 0.933. The molecule has 3 aliphatic rings. The first-order chi connectivity index (χ1) is 9.17. The maximum absolute atomic E-state index is 12.5. The summed E-state index contributed by atoms with van der Waals surface area (Å²) >= 11 is 0. The van der Waals surface area contributed by atoms with Gasteiger partial charge in [-0.3, -0.25) is 4.79 Å². The Morgan fingerprint density at radius 1 is 1.19 bits per heavy atom. The predicted octanol–water partition coefficient (Wildman–Crippen LogP) is 2.11. The highest BCUT2D eigenvalue weighted by Crippen LogP contribution is 2.27. The standard InChI is InChI=1S/C15H27N3O.2ClH/c1-15(7-2-3-8-16-15)14(19)17-12-6-10-18-9-4-5-13(18)11-12;;/h12-13,16H,2-11H2,1H3,(H,17,19);2*1H. The number of carbonyl (C=O) groups is 1. The summed E-state index contributed by atoms with van der Waals surface area (Å²) < 4.78 is 0. The van der Waals surface area contributed by atoms with E-state index in [4.69, 9.17) is 0 Å². The molecule has 0 aromatic rings. The molecule has 4 nitrogen and oxygen atoms in total. The van der Waals surface area contributed by atoms with E-state index in [9.17, 15) is 4.79 Å². The summed E-state index contributed by atoms with van der Waals surface area (Å²) in [5.74, 6) is 0.226. The van der Waals surface area contributed by atoms with Crippen molar-refractivity contribution >= 4 is 30.7 Å². The monoisotopic (exact) mass is 337 g/mol. The SMILES string of the molecule is CC1(C(=O)NC2CCN3CCCC3C2)CCCCN1.Cl.Cl. The van der Waals surface area contributed by atoms with Crippen LogP contribution in [0.2, 0.25) is 0 Å². The quantitative estimate of drug-likeness (QED) is 0.811. The summed E-state index contributed by atoms with van der Waals surface area (Å²) in [6.07, 6.45) is 8.27. The highest BCUT2D eigenvalue weighted by Gasteiger charge is 2.37. The minimum absolute atomic E-state index is 0. The van der Waals surface area contributed by atoms with Crippen LogP contribution < -0.4 is 10.6 Å². The second kappa shape index (κ2) is 8.00. The van der Waals surface area contributed by atoms with Gasteiger partial charge in [-0.05, 0) is 65.0 Å². The van der Waals surface area contributed by atoms with E-state index in [2.05, 4.69) is 22.5 Å². The number of hydrogen-bond donors (Lipinski definition) is 2. The van der Waals surface area contributed by atoms with Gasteiger partial charge in [-0.15, -0.1) is 24.8 Å². The lowest BCUT2D eigenvalue weighted by atomic mass is 9.89. The molecule has 1 amide bonds. The molecular formula is C15H29Cl2N3O. The number of rotatable bonds is 2. The smallest absolute Gasteiger partial charge is 0.240 e. The van der Waals surface area contributed by atoms with Gasteiger partial charge in [-0.2, -0.15) is 0 Å². The zero-order valence-corrected chi connectivity index (χ0v) is 14.5. The number of hydrogen-bond acceptors (Lipinski definition) is 3. The molecule has 0 aromatic carbocycles. The molecule has 21 heavy (non-hydrogen) atoms. The molecule has 3 unspecified atom stereocenters. The average molecular weight is 338 g/mol. The van der Waals surface area contributed by atoms with Gasteiger partial charge in [0.1, 0.15) is 0 Å². The lowest BCUT2D eigenvalue weighted by Crippen LogP contribution is -2.60. The van der Waals surface area contributed by atoms with Crippen LogP contribution >= 0.6 is 24.8 Å². The maximum Gasteiger partial charge on any atom is 0.240 e. The number of carbonyl (C=O) groups excluding carboxylic acids is 1. The molecule has 3 heterocycles. The largest absolute Gasteiger partial charge is 0.352 e. The van der Waals surface area contributed by atoms with Gasteiger partial charge in [0.05, 0.1) is 5.54 Å². The highest BCUT2D eigenvalue weighted by molar-refractivity contribution is 5.86. The zero-order valence-electron chi connectivity index (χ0n) is 12.9. The third-order valence-electron chi connectivity index (χ3n) is 5.28. The molecule has 124 valence electrons. The van der Waals surface area contributed by atoms with Gasteiger partial charge in [-0.25, -0.2) is 0 Å². The first-order valence-corrected chi connectivity index (χ1v) is 7.97. The fourth-order valence-electron chi connectivity index (χ4n) is 3.95. The van der Waals surface area contributed by atoms with E-state index in [1.54, 1.807) is 0 Å². The van der Waals surface area contributed by atoms with Gasteiger partial charge in [0, 0.05) is 18.6 Å². The number of nitrogens with one attached hydrogen (secondary N) is 2. The van der Waals surface area contributed by atoms with Crippen LogP contribution in [0.5, 0.6) is 0 Å². The van der Waals surface area contributed by atoms with Crippen LogP contribution in [0.1, 0.15) is 51.9 Å². The van der Waals surface area contributed by atoms with Crippen molar-refractivity contribution in [2.75, 3.05) is 19.6 Å². The van der Waals surface area contributed by atoms with Gasteiger partial charge in [-0.1, -0.05) is 0 Å². The lowest BCUT2D eigenvalue weighted by Gasteiger charge is -2.38. The number of halogens is 2. The summed E-state index contributed by atoms with van der Waals surface area (Å²) in [5.41, 5.74) is -0.328. The third kappa shape index (κ3) is 4.25. The molecule has 3 saturated heterocycles. The molecule has 0 aliphatic carbocycles. The minimum Gasteiger partial charge on any atom is -0.352 e. The first kappa shape index (κ1) is 19.0. The molecule has 3 aliphatic heterocycles. The van der Waals surface area contributed by atoms with Crippen LogP contribution in [0, 0.1) is 0 Å². The Kier molecular flexibility index (Phi) is 7.25. The molecule has 0 spiro atoms. The lowest BCUT2D eigenvalue weighted by molar-refractivity contribution is -0.129. The van der Waals surface area contributed by atoms with Gasteiger partial charge in [0.25, 0.3) is 0 Å². The van der Waals surface area contributed by atoms with Crippen molar-refractivity contribution in [3.63, 3.8) is 0 Å². The van der Waals surface area contributed by atoms with Crippen molar-refractivity contribution in [1.82, 2.24) is 15.5 Å². The topological polar surface area (TPSA) is 44.4 Å². The Morgan fingerprint density at radius 2 is 2.00 bits per heavy atom. The van der Waals surface area contributed by atoms with Crippen LogP contribution in [0.4, 0.5) is 0 Å². The number of piperidine rings is 2. The van der Waals surface area contributed by atoms with Crippen molar-refractivity contribution in [2.24, 2.45) is 0 Å². The second-order valence-corrected chi connectivity index (χ2v) is 6.74. The van der Waals surface area contributed by atoms with Crippen molar-refractivity contribution in [3.8, 4) is 0 Å². The molecule has 3 rings (SSSR count). The van der Waals surface area contributed by atoms with Crippen molar-refractivity contribution in [2.45, 2.75) is 69.5 Å². The Balaban J connectivity index is 0.00000110. The second-order valence-electron chi connectivity index (χ2n) is 6.74. The Morgan fingerprint density at radius 3 is 2.71 bits per heavy atom. The van der Waals surface area contributed by atoms with E-state index in [1.807, 2.05) is 0 Å². The molecule has 3 atom stereocenters. The van der Waals surface area contributed by atoms with Crippen molar-refractivity contribution < 1.29 is 4.79 Å². The molecule has 0 aromatic heterocycles. The van der Waals surface area contributed by atoms with Crippen molar-refractivity contribution in [3.05, 3.63) is 0 Å². The van der Waals surface area contributed by atoms with E-state index in [1.165, 1.54) is 32.4 Å². The number of fused-ring (bicyclic) bond motifs is 1. The molecule has 3 fully saturated rings. The van der Waals surface area contributed by atoms with Crippen molar-refractivity contribution in [1.29, 1.82) is 0 Å². The predicted molar refractivity (Wildman–Crippen MR) is 90.5 cm³/mol. The molecule has 2 N–H and O–H groups in total. The maximum atomic E-state index is 12.5. The summed E-state index contributed by atoms with van der Waals surface area (Å²) in [6, 6.07) is 1.12. The molecular weight excluding hydrogens is 309 g/mol.